The molecule has 0 bridgehead atoms. The number of aromatic nitrogens is 4. The molecule has 1 aromatic carbocycles. The average Bonchev–Trinajstić information content (AvgIpc) is 3.56. The maximum Gasteiger partial charge on any atom is 0.338 e. The number of rotatable bonds is 8. The molecule has 3 heterocycles. The smallest absolute Gasteiger partial charge is 0.338 e. The highest BCUT2D eigenvalue weighted by atomic mass is 16.5. The highest BCUT2D eigenvalue weighted by molar-refractivity contribution is 5.97. The second-order valence-electron chi connectivity index (χ2n) is 11.4. The number of benzene rings is 1. The van der Waals surface area contributed by atoms with Crippen LogP contribution in [-0.2, 0) is 23.1 Å². The lowest BCUT2D eigenvalue weighted by Gasteiger charge is -2.21. The van der Waals surface area contributed by atoms with Gasteiger partial charge in [-0.15, -0.1) is 0 Å². The molecular weight excluding hydrogens is 494 g/mol. The van der Waals surface area contributed by atoms with Crippen molar-refractivity contribution in [1.82, 2.24) is 24.4 Å². The molecule has 3 aromatic heterocycles. The summed E-state index contributed by atoms with van der Waals surface area (Å²) in [4.78, 5) is 35.1. The summed E-state index contributed by atoms with van der Waals surface area (Å²) in [5, 5.41) is 4.11. The minimum absolute atomic E-state index is 0.0122. The maximum absolute atomic E-state index is 12.6. The Morgan fingerprint density at radius 1 is 1.15 bits per heavy atom. The van der Waals surface area contributed by atoms with E-state index in [-0.39, 0.29) is 11.9 Å². The van der Waals surface area contributed by atoms with E-state index >= 15 is 0 Å². The van der Waals surface area contributed by atoms with Gasteiger partial charge in [-0.25, -0.2) is 14.8 Å². The van der Waals surface area contributed by atoms with E-state index < -0.39 is 11.4 Å². The molecular formula is C30H37N5O4. The van der Waals surface area contributed by atoms with Crippen LogP contribution < -0.4 is 10.1 Å². The monoisotopic (exact) mass is 531 g/mol. The summed E-state index contributed by atoms with van der Waals surface area (Å²) < 4.78 is 15.1. The van der Waals surface area contributed by atoms with Gasteiger partial charge in [0.2, 0.25) is 5.91 Å². The first-order chi connectivity index (χ1) is 18.5. The molecule has 0 radical (unpaired) electrons. The number of methoxy groups -OCH3 is 1. The lowest BCUT2D eigenvalue weighted by molar-refractivity contribution is -0.129. The third-order valence-electron chi connectivity index (χ3n) is 7.27. The number of nitrogens with zero attached hydrogens (tertiary/aromatic N) is 4. The Kier molecular flexibility index (Phi) is 6.86. The van der Waals surface area contributed by atoms with E-state index in [0.717, 1.165) is 40.3 Å². The summed E-state index contributed by atoms with van der Waals surface area (Å²) in [5.41, 5.74) is 4.02. The summed E-state index contributed by atoms with van der Waals surface area (Å²) in [6.45, 7) is 10.6. The summed E-state index contributed by atoms with van der Waals surface area (Å²) >= 11 is 0. The van der Waals surface area contributed by atoms with Crippen LogP contribution in [0.15, 0.2) is 30.3 Å². The number of amides is 1. The summed E-state index contributed by atoms with van der Waals surface area (Å²) in [5.74, 6) is 1.51. The lowest BCUT2D eigenvalue weighted by Crippen LogP contribution is -2.36. The Bertz CT molecular complexity index is 1570. The van der Waals surface area contributed by atoms with Gasteiger partial charge < -0.3 is 23.9 Å². The van der Waals surface area contributed by atoms with Crippen LogP contribution in [0.2, 0.25) is 0 Å². The van der Waals surface area contributed by atoms with E-state index in [4.69, 9.17) is 19.4 Å². The van der Waals surface area contributed by atoms with Crippen LogP contribution in [0, 0.1) is 11.3 Å². The number of pyridine rings is 1. The Hall–Kier alpha value is -3.88. The molecule has 4 aromatic rings. The van der Waals surface area contributed by atoms with Crippen LogP contribution in [0.4, 0.5) is 0 Å². The van der Waals surface area contributed by atoms with E-state index in [1.54, 1.807) is 26.2 Å². The van der Waals surface area contributed by atoms with Crippen LogP contribution >= 0.6 is 0 Å². The van der Waals surface area contributed by atoms with Crippen molar-refractivity contribution >= 4 is 33.9 Å². The van der Waals surface area contributed by atoms with Crippen LogP contribution in [0.25, 0.3) is 33.6 Å². The normalized spacial score (nSPS) is 14.5. The van der Waals surface area contributed by atoms with Crippen molar-refractivity contribution in [2.45, 2.75) is 60.0 Å². The quantitative estimate of drug-likeness (QED) is 0.305. The number of hydrogen-bond donors (Lipinski definition) is 1. The summed E-state index contributed by atoms with van der Waals surface area (Å²) in [6, 6.07) is 9.38. The molecule has 1 fully saturated rings. The van der Waals surface area contributed by atoms with Gasteiger partial charge in [0.05, 0.1) is 42.2 Å². The molecule has 1 N–H and O–H groups in total. The molecule has 9 heteroatoms. The van der Waals surface area contributed by atoms with Crippen molar-refractivity contribution in [1.29, 1.82) is 0 Å². The third-order valence-corrected chi connectivity index (χ3v) is 7.27. The molecule has 0 spiro atoms. The standard InChI is InChI=1S/C30H37N5O4/c1-8-39-28(36)20-13-22-25(24(15-20)38-7)34(6)27(33-22)23-14-19-11-12-21(17(2)31-29(37)30(3,4)5)32-26(19)35(23)16-18-9-10-18/h11-15,17-18H,8-10,16H2,1-7H3,(H,31,37)/t17-/m1/s1. The zero-order chi connectivity index (χ0) is 28.1. The molecule has 0 aliphatic heterocycles. The Morgan fingerprint density at radius 2 is 1.90 bits per heavy atom. The predicted molar refractivity (Wildman–Crippen MR) is 151 cm³/mol. The van der Waals surface area contributed by atoms with Crippen LogP contribution in [0.3, 0.4) is 0 Å². The predicted octanol–water partition coefficient (Wildman–Crippen LogP) is 5.41. The average molecular weight is 532 g/mol. The minimum Gasteiger partial charge on any atom is -0.494 e. The van der Waals surface area contributed by atoms with Crippen LogP contribution in [-0.4, -0.2) is 44.7 Å². The summed E-state index contributed by atoms with van der Waals surface area (Å²) in [7, 11) is 3.55. The van der Waals surface area contributed by atoms with E-state index in [1.807, 2.05) is 45.4 Å². The Balaban J connectivity index is 1.62. The highest BCUT2D eigenvalue weighted by Crippen LogP contribution is 2.38. The molecule has 5 rings (SSSR count). The van der Waals surface area contributed by atoms with Gasteiger partial charge >= 0.3 is 5.97 Å². The fraction of sp³-hybridized carbons (Fsp3) is 0.467. The number of aryl methyl sites for hydroxylation is 1. The molecule has 206 valence electrons. The topological polar surface area (TPSA) is 100 Å². The number of fused-ring (bicyclic) bond motifs is 2. The number of imidazole rings is 1. The third kappa shape index (κ3) is 5.10. The number of carbonyl (C=O) groups excluding carboxylic acids is 2. The Morgan fingerprint density at radius 3 is 2.54 bits per heavy atom. The van der Waals surface area contributed by atoms with E-state index in [9.17, 15) is 9.59 Å². The zero-order valence-corrected chi connectivity index (χ0v) is 23.8. The Labute approximate surface area is 228 Å². The number of carbonyl (C=O) groups is 2. The first-order valence-corrected chi connectivity index (χ1v) is 13.5. The van der Waals surface area contributed by atoms with Gasteiger partial charge in [-0.2, -0.15) is 0 Å². The van der Waals surface area contributed by atoms with Gasteiger partial charge in [0.25, 0.3) is 0 Å². The van der Waals surface area contributed by atoms with Gasteiger partial charge in [-0.05, 0) is 62.9 Å². The van der Waals surface area contributed by atoms with Crippen molar-refractivity contribution in [3.05, 3.63) is 41.6 Å². The molecule has 0 saturated heterocycles. The van der Waals surface area contributed by atoms with Gasteiger partial charge in [-0.1, -0.05) is 20.8 Å². The fourth-order valence-corrected chi connectivity index (χ4v) is 4.83. The number of ether oxygens (including phenoxy) is 2. The van der Waals surface area contributed by atoms with Crippen molar-refractivity contribution in [2.75, 3.05) is 13.7 Å². The summed E-state index contributed by atoms with van der Waals surface area (Å²) in [6.07, 6.45) is 2.38. The molecule has 1 aliphatic rings. The molecule has 9 nitrogen and oxygen atoms in total. The molecule has 1 aliphatic carbocycles. The lowest BCUT2D eigenvalue weighted by atomic mass is 9.95. The minimum atomic E-state index is -0.480. The van der Waals surface area contributed by atoms with Gasteiger partial charge in [0, 0.05) is 24.4 Å². The second-order valence-corrected chi connectivity index (χ2v) is 11.4. The molecule has 39 heavy (non-hydrogen) atoms. The molecule has 1 atom stereocenters. The second kappa shape index (κ2) is 10.0. The maximum atomic E-state index is 12.6. The van der Waals surface area contributed by atoms with Crippen molar-refractivity contribution in [2.24, 2.45) is 18.4 Å². The highest BCUT2D eigenvalue weighted by Gasteiger charge is 2.28. The van der Waals surface area contributed by atoms with Crippen molar-refractivity contribution in [3.63, 3.8) is 0 Å². The van der Waals surface area contributed by atoms with Gasteiger partial charge in [-0.3, -0.25) is 4.79 Å². The van der Waals surface area contributed by atoms with E-state index in [0.29, 0.717) is 29.4 Å². The van der Waals surface area contributed by atoms with E-state index in [2.05, 4.69) is 22.0 Å². The van der Waals surface area contributed by atoms with Crippen LogP contribution in [0.5, 0.6) is 5.75 Å². The number of esters is 1. The molecule has 1 saturated carbocycles. The first kappa shape index (κ1) is 26.7. The van der Waals surface area contributed by atoms with Crippen molar-refractivity contribution < 1.29 is 19.1 Å². The van der Waals surface area contributed by atoms with Gasteiger partial charge in [0.1, 0.15) is 16.9 Å². The van der Waals surface area contributed by atoms with Gasteiger partial charge in [0.15, 0.2) is 5.82 Å². The zero-order valence-electron chi connectivity index (χ0n) is 23.8. The number of nitrogens with one attached hydrogen (secondary N) is 1. The number of hydrogen-bond acceptors (Lipinski definition) is 6. The largest absolute Gasteiger partial charge is 0.494 e. The van der Waals surface area contributed by atoms with Crippen molar-refractivity contribution in [3.8, 4) is 17.3 Å². The van der Waals surface area contributed by atoms with Crippen LogP contribution in [0.1, 0.15) is 69.6 Å². The fourth-order valence-electron chi connectivity index (χ4n) is 4.83. The molecule has 1 amide bonds. The SMILES string of the molecule is CCOC(=O)c1cc(OC)c2c(c1)nc(-c1cc3ccc([C@@H](C)NC(=O)C(C)(C)C)nc3n1CC1CC1)n2C. The first-order valence-electron chi connectivity index (χ1n) is 13.5. The molecule has 0 unspecified atom stereocenters. The van der Waals surface area contributed by atoms with E-state index in [1.165, 1.54) is 12.8 Å².